The average Bonchev–Trinajstić information content (AvgIpc) is 2.34. The summed E-state index contributed by atoms with van der Waals surface area (Å²) < 4.78 is 0. The van der Waals surface area contributed by atoms with Crippen LogP contribution in [0.3, 0.4) is 0 Å². The fraction of sp³-hybridized carbons (Fsp3) is 0.385. The topological polar surface area (TPSA) is 66.4 Å². The van der Waals surface area contributed by atoms with E-state index >= 15 is 0 Å². The average molecular weight is 235 g/mol. The van der Waals surface area contributed by atoms with E-state index in [9.17, 15) is 9.59 Å². The van der Waals surface area contributed by atoms with Gasteiger partial charge in [-0.25, -0.2) is 4.79 Å². The van der Waals surface area contributed by atoms with Crippen molar-refractivity contribution in [2.24, 2.45) is 0 Å². The summed E-state index contributed by atoms with van der Waals surface area (Å²) in [6.07, 6.45) is 3.13. The highest BCUT2D eigenvalue weighted by atomic mass is 16.4. The third-order valence-electron chi connectivity index (χ3n) is 2.44. The van der Waals surface area contributed by atoms with Crippen molar-refractivity contribution in [2.75, 3.05) is 6.54 Å². The Morgan fingerprint density at radius 3 is 2.59 bits per heavy atom. The summed E-state index contributed by atoms with van der Waals surface area (Å²) in [5.41, 5.74) is 0.521. The molecule has 0 aliphatic carbocycles. The summed E-state index contributed by atoms with van der Waals surface area (Å²) in [5.74, 6) is -1.24. The number of nitrogens with one attached hydrogen (secondary N) is 1. The molecule has 0 radical (unpaired) electrons. The van der Waals surface area contributed by atoms with Gasteiger partial charge in [0.1, 0.15) is 0 Å². The number of hydrogen-bond donors (Lipinski definition) is 2. The molecular formula is C13H17NO3. The minimum atomic E-state index is -1.02. The van der Waals surface area contributed by atoms with E-state index < -0.39 is 5.97 Å². The normalized spacial score (nSPS) is 9.94. The fourth-order valence-electron chi connectivity index (χ4n) is 1.47. The zero-order chi connectivity index (χ0) is 12.7. The van der Waals surface area contributed by atoms with Crippen molar-refractivity contribution in [3.8, 4) is 0 Å². The molecule has 0 saturated carbocycles. The van der Waals surface area contributed by atoms with Gasteiger partial charge in [-0.1, -0.05) is 25.8 Å². The smallest absolute Gasteiger partial charge is 0.335 e. The second-order valence-corrected chi connectivity index (χ2v) is 3.85. The number of aromatic carboxylic acids is 1. The van der Waals surface area contributed by atoms with Gasteiger partial charge in [0.25, 0.3) is 5.91 Å². The SMILES string of the molecule is CCCCCNC(=O)c1cccc(C(=O)O)c1. The second-order valence-electron chi connectivity index (χ2n) is 3.85. The molecule has 0 aliphatic rings. The Bertz CT molecular complexity index is 401. The molecule has 0 aliphatic heterocycles. The number of hydrogen-bond acceptors (Lipinski definition) is 2. The van der Waals surface area contributed by atoms with Crippen LogP contribution in [0.15, 0.2) is 24.3 Å². The summed E-state index contributed by atoms with van der Waals surface area (Å²) in [6.45, 7) is 2.72. The van der Waals surface area contributed by atoms with Crippen LogP contribution in [0.25, 0.3) is 0 Å². The van der Waals surface area contributed by atoms with Crippen molar-refractivity contribution in [2.45, 2.75) is 26.2 Å². The number of amides is 1. The van der Waals surface area contributed by atoms with Gasteiger partial charge in [-0.3, -0.25) is 4.79 Å². The molecule has 1 rings (SSSR count). The Hall–Kier alpha value is -1.84. The van der Waals surface area contributed by atoms with Gasteiger partial charge in [0.05, 0.1) is 5.56 Å². The van der Waals surface area contributed by atoms with Crippen LogP contribution >= 0.6 is 0 Å². The molecule has 0 fully saturated rings. The highest BCUT2D eigenvalue weighted by Crippen LogP contribution is 2.05. The van der Waals surface area contributed by atoms with E-state index in [1.54, 1.807) is 12.1 Å². The van der Waals surface area contributed by atoms with Gasteiger partial charge >= 0.3 is 5.97 Å². The van der Waals surface area contributed by atoms with Crippen molar-refractivity contribution < 1.29 is 14.7 Å². The molecule has 0 atom stereocenters. The number of benzene rings is 1. The van der Waals surface area contributed by atoms with Crippen molar-refractivity contribution >= 4 is 11.9 Å². The zero-order valence-electron chi connectivity index (χ0n) is 9.90. The first-order valence-electron chi connectivity index (χ1n) is 5.76. The lowest BCUT2D eigenvalue weighted by atomic mass is 10.1. The number of carboxylic acids is 1. The Balaban J connectivity index is 2.56. The lowest BCUT2D eigenvalue weighted by molar-refractivity contribution is 0.0697. The number of carbonyl (C=O) groups is 2. The van der Waals surface area contributed by atoms with Crippen molar-refractivity contribution in [3.63, 3.8) is 0 Å². The summed E-state index contributed by atoms with van der Waals surface area (Å²) >= 11 is 0. The molecular weight excluding hydrogens is 218 g/mol. The molecule has 2 N–H and O–H groups in total. The molecule has 0 heterocycles. The van der Waals surface area contributed by atoms with E-state index in [0.29, 0.717) is 12.1 Å². The van der Waals surface area contributed by atoms with Gasteiger partial charge in [-0.15, -0.1) is 0 Å². The molecule has 4 nitrogen and oxygen atoms in total. The summed E-state index contributed by atoms with van der Waals surface area (Å²) in [6, 6.07) is 6.04. The highest BCUT2D eigenvalue weighted by Gasteiger charge is 2.08. The molecule has 0 unspecified atom stereocenters. The van der Waals surface area contributed by atoms with Gasteiger partial charge in [0, 0.05) is 12.1 Å². The summed E-state index contributed by atoms with van der Waals surface area (Å²) in [4.78, 5) is 22.4. The van der Waals surface area contributed by atoms with Gasteiger partial charge in [0.15, 0.2) is 0 Å². The van der Waals surface area contributed by atoms with Crippen LogP contribution in [0.1, 0.15) is 46.9 Å². The number of unbranched alkanes of at least 4 members (excludes halogenated alkanes) is 2. The van der Waals surface area contributed by atoms with E-state index in [0.717, 1.165) is 19.3 Å². The standard InChI is InChI=1S/C13H17NO3/c1-2-3-4-8-14-12(15)10-6-5-7-11(9-10)13(16)17/h5-7,9H,2-4,8H2,1H3,(H,14,15)(H,16,17). The minimum absolute atomic E-state index is 0.131. The van der Waals surface area contributed by atoms with E-state index in [-0.39, 0.29) is 11.5 Å². The quantitative estimate of drug-likeness (QED) is 0.743. The number of carbonyl (C=O) groups excluding carboxylic acids is 1. The van der Waals surface area contributed by atoms with Crippen LogP contribution in [0.4, 0.5) is 0 Å². The first kappa shape index (κ1) is 13.2. The van der Waals surface area contributed by atoms with E-state index in [1.807, 2.05) is 0 Å². The highest BCUT2D eigenvalue weighted by molar-refractivity contribution is 5.97. The van der Waals surface area contributed by atoms with Crippen LogP contribution in [0, 0.1) is 0 Å². The number of carboxylic acid groups (broad SMARTS) is 1. The van der Waals surface area contributed by atoms with Crippen molar-refractivity contribution in [1.82, 2.24) is 5.32 Å². The lowest BCUT2D eigenvalue weighted by Gasteiger charge is -2.05. The van der Waals surface area contributed by atoms with Crippen molar-refractivity contribution in [1.29, 1.82) is 0 Å². The minimum Gasteiger partial charge on any atom is -0.478 e. The lowest BCUT2D eigenvalue weighted by Crippen LogP contribution is -2.24. The third-order valence-corrected chi connectivity index (χ3v) is 2.44. The zero-order valence-corrected chi connectivity index (χ0v) is 9.90. The molecule has 0 bridgehead atoms. The molecule has 4 heteroatoms. The second kappa shape index (κ2) is 6.68. The fourth-order valence-corrected chi connectivity index (χ4v) is 1.47. The molecule has 0 saturated heterocycles. The summed E-state index contributed by atoms with van der Waals surface area (Å²) in [7, 11) is 0. The largest absolute Gasteiger partial charge is 0.478 e. The predicted octanol–water partition coefficient (Wildman–Crippen LogP) is 2.30. The number of rotatable bonds is 6. The Morgan fingerprint density at radius 1 is 1.24 bits per heavy atom. The van der Waals surface area contributed by atoms with Gasteiger partial charge in [-0.05, 0) is 24.6 Å². The molecule has 17 heavy (non-hydrogen) atoms. The van der Waals surface area contributed by atoms with Gasteiger partial charge in [-0.2, -0.15) is 0 Å². The van der Waals surface area contributed by atoms with E-state index in [1.165, 1.54) is 12.1 Å². The first-order valence-corrected chi connectivity index (χ1v) is 5.76. The summed E-state index contributed by atoms with van der Waals surface area (Å²) in [5, 5.41) is 11.6. The van der Waals surface area contributed by atoms with Crippen LogP contribution in [0.2, 0.25) is 0 Å². The maximum atomic E-state index is 11.7. The predicted molar refractivity (Wildman–Crippen MR) is 65.3 cm³/mol. The maximum absolute atomic E-state index is 11.7. The van der Waals surface area contributed by atoms with Crippen LogP contribution < -0.4 is 5.32 Å². The molecule has 0 spiro atoms. The van der Waals surface area contributed by atoms with Crippen LogP contribution in [-0.2, 0) is 0 Å². The molecule has 1 aromatic carbocycles. The van der Waals surface area contributed by atoms with Gasteiger partial charge in [0.2, 0.25) is 0 Å². The van der Waals surface area contributed by atoms with Crippen molar-refractivity contribution in [3.05, 3.63) is 35.4 Å². The van der Waals surface area contributed by atoms with Gasteiger partial charge < -0.3 is 10.4 Å². The Kier molecular flexibility index (Phi) is 5.20. The first-order chi connectivity index (χ1) is 8.15. The van der Waals surface area contributed by atoms with Crippen LogP contribution in [0.5, 0.6) is 0 Å². The van der Waals surface area contributed by atoms with Crippen LogP contribution in [-0.4, -0.2) is 23.5 Å². The molecule has 0 aromatic heterocycles. The third kappa shape index (κ3) is 4.26. The Morgan fingerprint density at radius 2 is 1.94 bits per heavy atom. The molecule has 92 valence electrons. The molecule has 1 aromatic rings. The maximum Gasteiger partial charge on any atom is 0.335 e. The monoisotopic (exact) mass is 235 g/mol. The molecule has 1 amide bonds. The van der Waals surface area contributed by atoms with E-state index in [2.05, 4.69) is 12.2 Å². The Labute approximate surface area is 101 Å². The van der Waals surface area contributed by atoms with E-state index in [4.69, 9.17) is 5.11 Å².